The summed E-state index contributed by atoms with van der Waals surface area (Å²) in [5.41, 5.74) is 1.21. The van der Waals surface area contributed by atoms with Crippen LogP contribution in [0.4, 0.5) is 13.2 Å². The Balaban J connectivity index is 0.000000339. The van der Waals surface area contributed by atoms with Gasteiger partial charge in [0.15, 0.2) is 0 Å². The van der Waals surface area contributed by atoms with Crippen molar-refractivity contribution in [3.05, 3.63) is 30.1 Å². The van der Waals surface area contributed by atoms with Crippen LogP contribution >= 0.6 is 0 Å². The number of alkyl halides is 3. The molecule has 1 N–H and O–H groups in total. The van der Waals surface area contributed by atoms with Gasteiger partial charge in [-0.05, 0) is 11.6 Å². The van der Waals surface area contributed by atoms with Crippen LogP contribution in [0.25, 0.3) is 0 Å². The van der Waals surface area contributed by atoms with E-state index in [9.17, 15) is 18.0 Å². The van der Waals surface area contributed by atoms with E-state index in [1.54, 1.807) is 6.20 Å². The summed E-state index contributed by atoms with van der Waals surface area (Å²) in [5.74, 6) is -2.04. The fourth-order valence-corrected chi connectivity index (χ4v) is 4.29. The van der Waals surface area contributed by atoms with Crippen molar-refractivity contribution in [2.75, 3.05) is 52.6 Å². The Bertz CT molecular complexity index is 758. The lowest BCUT2D eigenvalue weighted by Gasteiger charge is -2.32. The van der Waals surface area contributed by atoms with Crippen molar-refractivity contribution in [1.29, 1.82) is 0 Å². The Morgan fingerprint density at radius 3 is 2.58 bits per heavy atom. The minimum absolute atomic E-state index is 0.0163. The van der Waals surface area contributed by atoms with Gasteiger partial charge < -0.3 is 19.5 Å². The number of carbonyl (C=O) groups excluding carboxylic acids is 1. The second-order valence-electron chi connectivity index (χ2n) is 8.08. The summed E-state index contributed by atoms with van der Waals surface area (Å²) < 4.78 is 42.9. The molecule has 0 aromatic carbocycles. The molecular formula is C20H26F3N3O5. The van der Waals surface area contributed by atoms with Crippen molar-refractivity contribution in [2.45, 2.75) is 19.1 Å². The van der Waals surface area contributed by atoms with E-state index < -0.39 is 12.1 Å². The number of carboxylic acid groups (broad SMARTS) is 1. The zero-order chi connectivity index (χ0) is 22.5. The number of carbonyl (C=O) groups is 2. The largest absolute Gasteiger partial charge is 0.490 e. The van der Waals surface area contributed by atoms with Crippen LogP contribution in [-0.2, 0) is 25.6 Å². The molecule has 1 aromatic heterocycles. The summed E-state index contributed by atoms with van der Waals surface area (Å²) >= 11 is 0. The van der Waals surface area contributed by atoms with Crippen molar-refractivity contribution in [2.24, 2.45) is 11.3 Å². The molecule has 3 fully saturated rings. The molecule has 0 unspecified atom stereocenters. The molecule has 0 aliphatic carbocycles. The zero-order valence-electron chi connectivity index (χ0n) is 17.0. The third-order valence-corrected chi connectivity index (χ3v) is 5.83. The highest BCUT2D eigenvalue weighted by Crippen LogP contribution is 2.44. The Morgan fingerprint density at radius 1 is 1.26 bits per heavy atom. The highest BCUT2D eigenvalue weighted by Gasteiger charge is 2.51. The molecule has 3 aliphatic heterocycles. The first kappa shape index (κ1) is 23.4. The Morgan fingerprint density at radius 2 is 1.97 bits per heavy atom. The standard InChI is InChI=1S/C18H25N3O3.C2HF3O2/c22-17(21-4-6-23-7-5-21)8-18-13-20(11-16(18)12-24-14-18)10-15-2-1-3-19-9-15;3-2(4,5)1(6)7/h1-3,9,16H,4-8,10-14H2;(H,6,7)/t16-,18+;/m1./s1. The lowest BCUT2D eigenvalue weighted by Crippen LogP contribution is -2.44. The Hall–Kier alpha value is -2.24. The van der Waals surface area contributed by atoms with Gasteiger partial charge in [0, 0.05) is 62.9 Å². The molecule has 172 valence electrons. The molecule has 4 heterocycles. The molecule has 31 heavy (non-hydrogen) atoms. The van der Waals surface area contributed by atoms with Gasteiger partial charge in [0.1, 0.15) is 0 Å². The van der Waals surface area contributed by atoms with Gasteiger partial charge in [-0.1, -0.05) is 6.07 Å². The average Bonchev–Trinajstić information content (AvgIpc) is 3.25. The van der Waals surface area contributed by atoms with E-state index in [1.165, 1.54) is 5.56 Å². The minimum atomic E-state index is -5.08. The molecule has 0 radical (unpaired) electrons. The third kappa shape index (κ3) is 6.14. The number of fused-ring (bicyclic) bond motifs is 1. The minimum Gasteiger partial charge on any atom is -0.475 e. The van der Waals surface area contributed by atoms with Gasteiger partial charge in [0.25, 0.3) is 0 Å². The number of hydrogen-bond acceptors (Lipinski definition) is 6. The summed E-state index contributed by atoms with van der Waals surface area (Å²) in [4.78, 5) is 30.3. The van der Waals surface area contributed by atoms with Crippen LogP contribution in [0.3, 0.4) is 0 Å². The van der Waals surface area contributed by atoms with Crippen molar-refractivity contribution >= 4 is 11.9 Å². The predicted molar refractivity (Wildman–Crippen MR) is 102 cm³/mol. The molecule has 0 bridgehead atoms. The summed E-state index contributed by atoms with van der Waals surface area (Å²) in [6.07, 6.45) is -0.754. The maximum Gasteiger partial charge on any atom is 0.490 e. The molecule has 0 saturated carbocycles. The van der Waals surface area contributed by atoms with Gasteiger partial charge in [-0.25, -0.2) is 4.79 Å². The highest BCUT2D eigenvalue weighted by atomic mass is 19.4. The lowest BCUT2D eigenvalue weighted by molar-refractivity contribution is -0.192. The van der Waals surface area contributed by atoms with Gasteiger partial charge >= 0.3 is 12.1 Å². The first-order valence-electron chi connectivity index (χ1n) is 10.0. The number of carboxylic acids is 1. The van der Waals surface area contributed by atoms with Crippen LogP contribution in [0, 0.1) is 11.3 Å². The summed E-state index contributed by atoms with van der Waals surface area (Å²) in [6.45, 7) is 7.08. The summed E-state index contributed by atoms with van der Waals surface area (Å²) in [6, 6.07) is 4.09. The number of nitrogens with zero attached hydrogens (tertiary/aromatic N) is 3. The van der Waals surface area contributed by atoms with Gasteiger partial charge in [-0.3, -0.25) is 14.7 Å². The second kappa shape index (κ2) is 9.92. The molecule has 1 amide bonds. The fourth-order valence-electron chi connectivity index (χ4n) is 4.29. The predicted octanol–water partition coefficient (Wildman–Crippen LogP) is 1.41. The normalized spacial score (nSPS) is 26.2. The van der Waals surface area contributed by atoms with Gasteiger partial charge in [-0.2, -0.15) is 13.2 Å². The van der Waals surface area contributed by atoms with Crippen molar-refractivity contribution < 1.29 is 37.3 Å². The average molecular weight is 445 g/mol. The maximum absolute atomic E-state index is 12.7. The Labute approximate surface area is 177 Å². The van der Waals surface area contributed by atoms with Crippen LogP contribution < -0.4 is 0 Å². The van der Waals surface area contributed by atoms with Crippen LogP contribution in [0.5, 0.6) is 0 Å². The number of ether oxygens (including phenoxy) is 2. The lowest BCUT2D eigenvalue weighted by atomic mass is 9.77. The molecule has 8 nitrogen and oxygen atoms in total. The van der Waals surface area contributed by atoms with Crippen molar-refractivity contribution in [1.82, 2.24) is 14.8 Å². The van der Waals surface area contributed by atoms with E-state index in [0.717, 1.165) is 39.3 Å². The SMILES string of the molecule is O=C(C[C@]12COC[C@H]1CN(Cc1cccnc1)C2)N1CCOCC1.O=C(O)C(F)(F)F. The molecule has 11 heteroatoms. The fraction of sp³-hybridized carbons (Fsp3) is 0.650. The van der Waals surface area contributed by atoms with E-state index >= 15 is 0 Å². The summed E-state index contributed by atoms with van der Waals surface area (Å²) in [7, 11) is 0. The quantitative estimate of drug-likeness (QED) is 0.749. The van der Waals surface area contributed by atoms with Gasteiger partial charge in [0.2, 0.25) is 5.91 Å². The van der Waals surface area contributed by atoms with Crippen molar-refractivity contribution in [3.8, 4) is 0 Å². The number of aromatic nitrogens is 1. The number of amides is 1. The topological polar surface area (TPSA) is 92.2 Å². The summed E-state index contributed by atoms with van der Waals surface area (Å²) in [5, 5.41) is 7.12. The van der Waals surface area contributed by atoms with E-state index in [1.807, 2.05) is 17.2 Å². The number of morpholine rings is 1. The smallest absolute Gasteiger partial charge is 0.475 e. The molecule has 4 rings (SSSR count). The van der Waals surface area contributed by atoms with E-state index in [4.69, 9.17) is 19.4 Å². The van der Waals surface area contributed by atoms with Crippen LogP contribution in [0.2, 0.25) is 0 Å². The first-order chi connectivity index (χ1) is 14.7. The van der Waals surface area contributed by atoms with Crippen LogP contribution in [0.15, 0.2) is 24.5 Å². The van der Waals surface area contributed by atoms with Gasteiger partial charge in [-0.15, -0.1) is 0 Å². The number of rotatable bonds is 4. The number of halogens is 3. The molecule has 3 aliphatic rings. The number of likely N-dealkylation sites (tertiary alicyclic amines) is 1. The maximum atomic E-state index is 12.7. The second-order valence-corrected chi connectivity index (χ2v) is 8.08. The molecule has 3 saturated heterocycles. The van der Waals surface area contributed by atoms with Gasteiger partial charge in [0.05, 0.1) is 26.4 Å². The first-order valence-corrected chi connectivity index (χ1v) is 10.0. The molecule has 1 aromatic rings. The van der Waals surface area contributed by atoms with E-state index in [0.29, 0.717) is 32.2 Å². The van der Waals surface area contributed by atoms with Crippen LogP contribution in [-0.4, -0.2) is 90.5 Å². The molecule has 0 spiro atoms. The number of hydrogen-bond donors (Lipinski definition) is 1. The zero-order valence-corrected chi connectivity index (χ0v) is 17.0. The van der Waals surface area contributed by atoms with Crippen molar-refractivity contribution in [3.63, 3.8) is 0 Å². The third-order valence-electron chi connectivity index (χ3n) is 5.83. The monoisotopic (exact) mass is 445 g/mol. The van der Waals surface area contributed by atoms with Crippen LogP contribution in [0.1, 0.15) is 12.0 Å². The molecular weight excluding hydrogens is 419 g/mol. The highest BCUT2D eigenvalue weighted by molar-refractivity contribution is 5.77. The van der Waals surface area contributed by atoms with E-state index in [-0.39, 0.29) is 11.3 Å². The molecule has 2 atom stereocenters. The van der Waals surface area contributed by atoms with E-state index in [2.05, 4.69) is 16.0 Å². The number of aliphatic carboxylic acids is 1. The Kier molecular flexibility index (Phi) is 7.50. The number of pyridine rings is 1.